The molecule has 5 heteroatoms. The predicted molar refractivity (Wildman–Crippen MR) is 172 cm³/mol. The van der Waals surface area contributed by atoms with E-state index in [4.69, 9.17) is 16.6 Å². The van der Waals surface area contributed by atoms with E-state index < -0.39 is 5.62 Å². The van der Waals surface area contributed by atoms with Crippen LogP contribution in [0.1, 0.15) is 42.6 Å². The van der Waals surface area contributed by atoms with Crippen molar-refractivity contribution >= 4 is 39.2 Å². The van der Waals surface area contributed by atoms with Gasteiger partial charge in [0.25, 0.3) is 0 Å². The molecule has 1 aromatic heterocycles. The van der Waals surface area contributed by atoms with Crippen LogP contribution in [0.3, 0.4) is 0 Å². The molecule has 0 amide bonds. The molecule has 0 bridgehead atoms. The summed E-state index contributed by atoms with van der Waals surface area (Å²) in [6.07, 6.45) is -0.260. The summed E-state index contributed by atoms with van der Waals surface area (Å²) < 4.78 is 2.32. The largest absolute Gasteiger partial charge is 0.342 e. The minimum atomic E-state index is -0.437. The average molecular weight is 555 g/mol. The molecule has 2 N–H and O–H groups in total. The van der Waals surface area contributed by atoms with Crippen LogP contribution >= 0.6 is 11.6 Å². The molecule has 2 heterocycles. The van der Waals surface area contributed by atoms with Crippen LogP contribution in [0.4, 0.5) is 0 Å². The Labute approximate surface area is 245 Å². The lowest BCUT2D eigenvalue weighted by Crippen LogP contribution is -2.47. The van der Waals surface area contributed by atoms with E-state index >= 15 is 0 Å². The van der Waals surface area contributed by atoms with Gasteiger partial charge in [0, 0.05) is 22.0 Å². The van der Waals surface area contributed by atoms with Crippen LogP contribution in [0.2, 0.25) is 0 Å². The van der Waals surface area contributed by atoms with Crippen molar-refractivity contribution < 1.29 is 0 Å². The quantitative estimate of drug-likeness (QED) is 0.165. The summed E-state index contributed by atoms with van der Waals surface area (Å²) in [5, 5.41) is 9.15. The zero-order valence-corrected chi connectivity index (χ0v) is 23.8. The standard InChI is InChI=1S/C36H31ClN4/c1-23(2)24-11-13-25(14-12-24)26-15-17-27(18-16-26)34-38-35(40-36(37)39-34)28-19-21-29(22-20-28)41-32-9-5-3-7-30(32)31-8-4-6-10-33(31)41/h3-23,35-36,40H,1-2H3,(H,38,39). The number of nitrogens with zero attached hydrogens (tertiary/aromatic N) is 2. The summed E-state index contributed by atoms with van der Waals surface area (Å²) in [7, 11) is 0. The Morgan fingerprint density at radius 3 is 1.78 bits per heavy atom. The minimum Gasteiger partial charge on any atom is -0.342 e. The Kier molecular flexibility index (Phi) is 6.58. The van der Waals surface area contributed by atoms with E-state index in [1.165, 1.54) is 38.5 Å². The number of alkyl halides is 1. The van der Waals surface area contributed by atoms with Gasteiger partial charge in [0.05, 0.1) is 11.0 Å². The molecule has 2 unspecified atom stereocenters. The molecule has 0 fully saturated rings. The second kappa shape index (κ2) is 10.5. The molecule has 41 heavy (non-hydrogen) atoms. The molecule has 1 aliphatic heterocycles. The molecule has 6 aromatic rings. The van der Waals surface area contributed by atoms with Crippen LogP contribution in [0, 0.1) is 0 Å². The van der Waals surface area contributed by atoms with Crippen LogP contribution in [-0.4, -0.2) is 16.0 Å². The first-order chi connectivity index (χ1) is 20.0. The Morgan fingerprint density at radius 2 is 1.20 bits per heavy atom. The Balaban J connectivity index is 1.17. The highest BCUT2D eigenvalue weighted by molar-refractivity contribution is 6.22. The molecule has 4 nitrogen and oxygen atoms in total. The molecule has 0 radical (unpaired) electrons. The third kappa shape index (κ3) is 4.80. The molecule has 0 saturated carbocycles. The number of halogens is 1. The van der Waals surface area contributed by atoms with Crippen molar-refractivity contribution in [2.75, 3.05) is 0 Å². The number of amidine groups is 1. The van der Waals surface area contributed by atoms with Gasteiger partial charge in [-0.1, -0.05) is 123 Å². The van der Waals surface area contributed by atoms with E-state index in [1.807, 2.05) is 0 Å². The maximum absolute atomic E-state index is 6.61. The maximum atomic E-state index is 6.61. The molecular formula is C36H31ClN4. The lowest BCUT2D eigenvalue weighted by atomic mass is 9.98. The molecule has 0 aliphatic carbocycles. The fourth-order valence-electron chi connectivity index (χ4n) is 5.72. The molecule has 5 aromatic carbocycles. The Morgan fingerprint density at radius 1 is 0.659 bits per heavy atom. The SMILES string of the molecule is CC(C)c1ccc(-c2ccc(C3=NC(c4ccc(-n5c6ccccc6c6ccccc65)cc4)NC(Cl)N3)cc2)cc1. The first-order valence-corrected chi connectivity index (χ1v) is 14.5. The molecule has 202 valence electrons. The number of rotatable bonds is 5. The van der Waals surface area contributed by atoms with E-state index in [0.717, 1.165) is 22.6 Å². The first kappa shape index (κ1) is 25.6. The number of aliphatic imine (C=N–C) groups is 1. The highest BCUT2D eigenvalue weighted by Gasteiger charge is 2.23. The molecule has 0 saturated heterocycles. The van der Waals surface area contributed by atoms with Crippen molar-refractivity contribution in [2.45, 2.75) is 31.6 Å². The number of hydrogen-bond acceptors (Lipinski definition) is 3. The molecular weight excluding hydrogens is 524 g/mol. The average Bonchev–Trinajstić information content (AvgIpc) is 3.35. The van der Waals surface area contributed by atoms with Crippen LogP contribution in [0.15, 0.2) is 126 Å². The number of nitrogens with one attached hydrogen (secondary N) is 2. The van der Waals surface area contributed by atoms with E-state index in [-0.39, 0.29) is 6.17 Å². The van der Waals surface area contributed by atoms with Crippen LogP contribution < -0.4 is 10.6 Å². The van der Waals surface area contributed by atoms with Crippen molar-refractivity contribution in [1.29, 1.82) is 0 Å². The van der Waals surface area contributed by atoms with Gasteiger partial charge in [-0.05, 0) is 52.4 Å². The first-order valence-electron chi connectivity index (χ1n) is 14.1. The summed E-state index contributed by atoms with van der Waals surface area (Å²) in [6, 6.07) is 43.0. The summed E-state index contributed by atoms with van der Waals surface area (Å²) >= 11 is 6.61. The number of para-hydroxylation sites is 2. The third-order valence-electron chi connectivity index (χ3n) is 7.94. The van der Waals surface area contributed by atoms with Gasteiger partial charge in [-0.3, -0.25) is 5.32 Å². The van der Waals surface area contributed by atoms with Gasteiger partial charge in [0.15, 0.2) is 5.62 Å². The van der Waals surface area contributed by atoms with E-state index in [2.05, 4.69) is 150 Å². The molecule has 2 atom stereocenters. The van der Waals surface area contributed by atoms with E-state index in [1.54, 1.807) is 0 Å². The van der Waals surface area contributed by atoms with Gasteiger partial charge in [-0.25, -0.2) is 4.99 Å². The van der Waals surface area contributed by atoms with Gasteiger partial charge in [-0.2, -0.15) is 0 Å². The maximum Gasteiger partial charge on any atom is 0.158 e. The van der Waals surface area contributed by atoms with Crippen LogP contribution in [0.5, 0.6) is 0 Å². The molecule has 7 rings (SSSR count). The van der Waals surface area contributed by atoms with Crippen molar-refractivity contribution in [2.24, 2.45) is 4.99 Å². The monoisotopic (exact) mass is 554 g/mol. The van der Waals surface area contributed by atoms with Gasteiger partial charge < -0.3 is 9.88 Å². The normalized spacial score (nSPS) is 17.1. The van der Waals surface area contributed by atoms with Crippen molar-refractivity contribution in [1.82, 2.24) is 15.2 Å². The number of benzene rings is 5. The summed E-state index contributed by atoms with van der Waals surface area (Å²) in [4.78, 5) is 5.00. The van der Waals surface area contributed by atoms with E-state index in [9.17, 15) is 0 Å². The van der Waals surface area contributed by atoms with E-state index in [0.29, 0.717) is 5.92 Å². The van der Waals surface area contributed by atoms with Gasteiger partial charge >= 0.3 is 0 Å². The highest BCUT2D eigenvalue weighted by Crippen LogP contribution is 2.32. The van der Waals surface area contributed by atoms with Crippen molar-refractivity contribution in [3.63, 3.8) is 0 Å². The van der Waals surface area contributed by atoms with Crippen molar-refractivity contribution in [3.8, 4) is 16.8 Å². The zero-order chi connectivity index (χ0) is 27.9. The number of hydrogen-bond donors (Lipinski definition) is 2. The van der Waals surface area contributed by atoms with Gasteiger partial charge in [-0.15, -0.1) is 0 Å². The summed E-state index contributed by atoms with van der Waals surface area (Å²) in [5.41, 5.74) is 8.87. The van der Waals surface area contributed by atoms with Crippen LogP contribution in [-0.2, 0) is 0 Å². The zero-order valence-electron chi connectivity index (χ0n) is 23.1. The van der Waals surface area contributed by atoms with Gasteiger partial charge in [0.2, 0.25) is 0 Å². The number of fused-ring (bicyclic) bond motifs is 3. The third-order valence-corrected chi connectivity index (χ3v) is 8.18. The minimum absolute atomic E-state index is 0.260. The lowest BCUT2D eigenvalue weighted by molar-refractivity contribution is 0.483. The predicted octanol–water partition coefficient (Wildman–Crippen LogP) is 8.73. The fraction of sp³-hybridized carbons (Fsp3) is 0.139. The second-order valence-corrected chi connectivity index (χ2v) is 11.3. The Bertz CT molecular complexity index is 1810. The lowest BCUT2D eigenvalue weighted by Gasteiger charge is -2.28. The molecule has 1 aliphatic rings. The fourth-order valence-corrected chi connectivity index (χ4v) is 5.94. The topological polar surface area (TPSA) is 41.4 Å². The Hall–Kier alpha value is -4.38. The highest BCUT2D eigenvalue weighted by atomic mass is 35.5. The summed E-state index contributed by atoms with van der Waals surface area (Å²) in [6.45, 7) is 4.43. The second-order valence-electron chi connectivity index (χ2n) is 10.9. The summed E-state index contributed by atoms with van der Waals surface area (Å²) in [5.74, 6) is 1.30. The smallest absolute Gasteiger partial charge is 0.158 e. The van der Waals surface area contributed by atoms with Crippen LogP contribution in [0.25, 0.3) is 38.6 Å². The number of aromatic nitrogens is 1. The van der Waals surface area contributed by atoms with Gasteiger partial charge in [0.1, 0.15) is 12.0 Å². The van der Waals surface area contributed by atoms with Crippen molar-refractivity contribution in [3.05, 3.63) is 138 Å². The molecule has 0 spiro atoms.